The third-order valence-corrected chi connectivity index (χ3v) is 8.64. The van der Waals surface area contributed by atoms with Crippen LogP contribution in [-0.2, 0) is 0 Å². The van der Waals surface area contributed by atoms with E-state index in [0.717, 1.165) is 55.5 Å². The summed E-state index contributed by atoms with van der Waals surface area (Å²) in [7, 11) is 0. The highest BCUT2D eigenvalue weighted by Crippen LogP contribution is 2.47. The number of furan rings is 1. The highest BCUT2D eigenvalue weighted by molar-refractivity contribution is 5.85. The number of aromatic nitrogens is 3. The number of imidazole rings is 2. The number of nitrogens with zero attached hydrogens (tertiary/aromatic N) is 3. The number of allylic oxidation sites excluding steroid dienone is 4. The Morgan fingerprint density at radius 3 is 2.36 bits per heavy atom. The number of para-hydroxylation sites is 4. The van der Waals surface area contributed by atoms with Crippen LogP contribution in [0.3, 0.4) is 0 Å². The van der Waals surface area contributed by atoms with E-state index in [2.05, 4.69) is 132 Å². The molecule has 4 nitrogen and oxygen atoms in total. The number of hydrogen-bond acceptors (Lipinski definition) is 2. The molecule has 2 atom stereocenters. The molecule has 4 heteroatoms. The third-order valence-electron chi connectivity index (χ3n) is 8.64. The van der Waals surface area contributed by atoms with Gasteiger partial charge in [0.15, 0.2) is 0 Å². The highest BCUT2D eigenvalue weighted by Gasteiger charge is 2.39. The van der Waals surface area contributed by atoms with E-state index in [4.69, 9.17) is 9.40 Å². The molecule has 0 aliphatic heterocycles. The minimum absolute atomic E-state index is 0.318. The zero-order chi connectivity index (χ0) is 26.2. The largest absolute Gasteiger partial charge is 0.456 e. The predicted molar refractivity (Wildman–Crippen MR) is 160 cm³/mol. The normalized spacial score (nSPS) is 21.9. The molecule has 0 bridgehead atoms. The van der Waals surface area contributed by atoms with Gasteiger partial charge < -0.3 is 4.42 Å². The fourth-order valence-electron chi connectivity index (χ4n) is 6.17. The van der Waals surface area contributed by atoms with E-state index in [1.54, 1.807) is 0 Å². The lowest BCUT2D eigenvalue weighted by Gasteiger charge is -2.38. The molecule has 2 aliphatic rings. The van der Waals surface area contributed by atoms with Crippen LogP contribution in [0.1, 0.15) is 25.2 Å². The van der Waals surface area contributed by atoms with Crippen molar-refractivity contribution < 1.29 is 4.42 Å². The highest BCUT2D eigenvalue weighted by atomic mass is 16.3. The van der Waals surface area contributed by atoms with Crippen molar-refractivity contribution in [2.75, 3.05) is 0 Å². The van der Waals surface area contributed by atoms with Gasteiger partial charge in [-0.15, -0.1) is 0 Å². The summed E-state index contributed by atoms with van der Waals surface area (Å²) in [6.07, 6.45) is 18.2. The predicted octanol–water partition coefficient (Wildman–Crippen LogP) is 6.91. The Balaban J connectivity index is 1.36. The lowest BCUT2D eigenvalue weighted by atomic mass is 9.65. The van der Waals surface area contributed by atoms with Gasteiger partial charge >= 0.3 is 0 Å². The monoisotopic (exact) mass is 505 g/mol. The van der Waals surface area contributed by atoms with E-state index in [-0.39, 0.29) is 10.8 Å². The van der Waals surface area contributed by atoms with Gasteiger partial charge in [0.05, 0.1) is 22.4 Å². The van der Waals surface area contributed by atoms with E-state index in [0.29, 0.717) is 0 Å². The first-order chi connectivity index (χ1) is 19.0. The van der Waals surface area contributed by atoms with Crippen LogP contribution in [0.15, 0.2) is 108 Å². The van der Waals surface area contributed by atoms with Crippen LogP contribution in [0.4, 0.5) is 0 Å². The molecule has 2 unspecified atom stereocenters. The van der Waals surface area contributed by atoms with E-state index in [9.17, 15) is 0 Å². The maximum atomic E-state index is 6.36. The van der Waals surface area contributed by atoms with Gasteiger partial charge in [0, 0.05) is 27.1 Å². The molecule has 0 fully saturated rings. The van der Waals surface area contributed by atoms with Gasteiger partial charge in [0.1, 0.15) is 11.0 Å². The average Bonchev–Trinajstić information content (AvgIpc) is 3.50. The molecule has 2 aliphatic carbocycles. The number of benzene rings is 3. The summed E-state index contributed by atoms with van der Waals surface area (Å²) in [5.74, 6) is 0.916. The second-order valence-electron chi connectivity index (χ2n) is 11.0. The second kappa shape index (κ2) is 7.84. The molecule has 3 aromatic carbocycles. The minimum Gasteiger partial charge on any atom is -0.456 e. The molecule has 0 N–H and O–H groups in total. The van der Waals surface area contributed by atoms with E-state index >= 15 is 0 Å². The van der Waals surface area contributed by atoms with Crippen molar-refractivity contribution in [2.24, 2.45) is 10.8 Å². The first-order valence-electron chi connectivity index (χ1n) is 13.4. The van der Waals surface area contributed by atoms with Gasteiger partial charge in [-0.3, -0.25) is 8.97 Å². The quantitative estimate of drug-likeness (QED) is 0.256. The summed E-state index contributed by atoms with van der Waals surface area (Å²) in [5.41, 5.74) is 6.63. The van der Waals surface area contributed by atoms with Crippen LogP contribution in [-0.4, -0.2) is 14.0 Å². The van der Waals surface area contributed by atoms with Gasteiger partial charge in [-0.1, -0.05) is 92.8 Å². The first-order valence-corrected chi connectivity index (χ1v) is 13.4. The van der Waals surface area contributed by atoms with Crippen molar-refractivity contribution in [1.82, 2.24) is 14.0 Å². The topological polar surface area (TPSA) is 35.4 Å². The molecule has 3 aromatic heterocycles. The van der Waals surface area contributed by atoms with Gasteiger partial charge in [0.2, 0.25) is 5.78 Å². The second-order valence-corrected chi connectivity index (χ2v) is 11.0. The zero-order valence-electron chi connectivity index (χ0n) is 21.9. The Bertz CT molecular complexity index is 2150. The molecule has 188 valence electrons. The van der Waals surface area contributed by atoms with Crippen LogP contribution in [0.2, 0.25) is 0 Å². The van der Waals surface area contributed by atoms with Crippen molar-refractivity contribution in [3.63, 3.8) is 0 Å². The Morgan fingerprint density at radius 2 is 1.49 bits per heavy atom. The van der Waals surface area contributed by atoms with Crippen molar-refractivity contribution in [3.8, 4) is 5.69 Å². The van der Waals surface area contributed by atoms with E-state index in [1.807, 2.05) is 18.2 Å². The molecule has 0 spiro atoms. The lowest BCUT2D eigenvalue weighted by Crippen LogP contribution is -2.33. The zero-order valence-corrected chi connectivity index (χ0v) is 21.9. The molecule has 8 rings (SSSR count). The fraction of sp³-hybridized carbons (Fsp3) is 0.114. The van der Waals surface area contributed by atoms with Crippen LogP contribution < -0.4 is 10.6 Å². The number of fused-ring (bicyclic) bond motifs is 8. The molecule has 6 aromatic rings. The summed E-state index contributed by atoms with van der Waals surface area (Å²) in [5, 5.41) is 2.29. The van der Waals surface area contributed by atoms with Gasteiger partial charge in [0.25, 0.3) is 0 Å². The number of hydrogen-bond donors (Lipinski definition) is 0. The maximum absolute atomic E-state index is 6.36. The minimum atomic E-state index is -0.327. The summed E-state index contributed by atoms with van der Waals surface area (Å²) in [4.78, 5) is 5.05. The molecule has 3 heterocycles. The van der Waals surface area contributed by atoms with Crippen molar-refractivity contribution in [2.45, 2.75) is 13.8 Å². The van der Waals surface area contributed by atoms with Crippen LogP contribution in [0, 0.1) is 10.8 Å². The van der Waals surface area contributed by atoms with Crippen molar-refractivity contribution >= 4 is 52.1 Å². The van der Waals surface area contributed by atoms with Crippen LogP contribution >= 0.6 is 0 Å². The molecule has 0 radical (unpaired) electrons. The summed E-state index contributed by atoms with van der Waals surface area (Å²) in [6, 6.07) is 27.1. The molecular weight excluding hydrogens is 478 g/mol. The Labute approximate surface area is 225 Å². The average molecular weight is 506 g/mol. The Morgan fingerprint density at radius 1 is 0.744 bits per heavy atom. The maximum Gasteiger partial charge on any atom is 0.220 e. The molecule has 0 saturated carbocycles. The number of rotatable bonds is 2. The van der Waals surface area contributed by atoms with E-state index < -0.39 is 0 Å². The third kappa shape index (κ3) is 3.09. The fourth-order valence-corrected chi connectivity index (χ4v) is 6.17. The van der Waals surface area contributed by atoms with Gasteiger partial charge in [-0.2, -0.15) is 0 Å². The van der Waals surface area contributed by atoms with Crippen LogP contribution in [0.5, 0.6) is 0 Å². The summed E-state index contributed by atoms with van der Waals surface area (Å²) < 4.78 is 10.9. The lowest BCUT2D eigenvalue weighted by molar-refractivity contribution is 0.339. The van der Waals surface area contributed by atoms with Crippen molar-refractivity contribution in [3.05, 3.63) is 125 Å². The molecular formula is C35H27N3O. The van der Waals surface area contributed by atoms with Crippen molar-refractivity contribution in [1.29, 1.82) is 0 Å². The van der Waals surface area contributed by atoms with Gasteiger partial charge in [-0.25, -0.2) is 4.98 Å². The Kier molecular flexibility index (Phi) is 4.46. The molecule has 0 saturated heterocycles. The summed E-state index contributed by atoms with van der Waals surface area (Å²) >= 11 is 0. The van der Waals surface area contributed by atoms with Gasteiger partial charge in [-0.05, 0) is 48.6 Å². The Hall–Kier alpha value is -4.83. The first kappa shape index (κ1) is 22.2. The smallest absolute Gasteiger partial charge is 0.220 e. The van der Waals surface area contributed by atoms with Crippen LogP contribution in [0.25, 0.3) is 57.8 Å². The SMILES string of the molecule is CC1(C2(C)C=CC=c3c(oc4ccccc34)=C2)C=Cc2c(n3c4ccccc4nc3n2-c2ccccc2)C=C1. The molecule has 39 heavy (non-hydrogen) atoms. The van der Waals surface area contributed by atoms with E-state index in [1.165, 1.54) is 0 Å². The standard InChI is InChI=1S/C35H27N3O/c1-34(35(2)20-10-14-26-25-13-6-9-17-31(25)39-32(26)23-35)21-18-29-30(19-22-34)38-28-16-8-7-15-27(28)36-33(38)37(29)24-11-4-3-5-12-24/h3-23H,1-2H3. The summed E-state index contributed by atoms with van der Waals surface area (Å²) in [6.45, 7) is 4.59. The molecule has 0 amide bonds.